The molecule has 0 saturated heterocycles. The number of hydrogen-bond acceptors (Lipinski definition) is 4. The number of aromatic hydroxyl groups is 2. The van der Waals surface area contributed by atoms with Gasteiger partial charge in [0.2, 0.25) is 0 Å². The van der Waals surface area contributed by atoms with Crippen LogP contribution in [-0.2, 0) is 4.79 Å². The zero-order valence-corrected chi connectivity index (χ0v) is 8.94. The molecule has 0 heterocycles. The second-order valence-electron chi connectivity index (χ2n) is 3.62. The number of phenols is 2. The molecule has 0 radical (unpaired) electrons. The summed E-state index contributed by atoms with van der Waals surface area (Å²) in [6, 6.07) is 2.63. The topological polar surface area (TPSA) is 66.8 Å². The molecule has 0 aliphatic heterocycles. The first kappa shape index (κ1) is 11.4. The van der Waals surface area contributed by atoms with Crippen LogP contribution >= 0.6 is 0 Å². The highest BCUT2D eigenvalue weighted by Crippen LogP contribution is 2.37. The lowest BCUT2D eigenvalue weighted by Gasteiger charge is -2.12. The maximum atomic E-state index is 10.7. The molecule has 2 N–H and O–H groups in total. The molecule has 1 aromatic carbocycles. The lowest BCUT2D eigenvalue weighted by atomic mass is 10.0. The van der Waals surface area contributed by atoms with Crippen molar-refractivity contribution in [3.8, 4) is 17.2 Å². The molecular weight excluding hydrogens is 196 g/mol. The molecule has 0 fully saturated rings. The van der Waals surface area contributed by atoms with Gasteiger partial charge in [-0.3, -0.25) is 4.79 Å². The Labute approximate surface area is 88.1 Å². The van der Waals surface area contributed by atoms with Crippen molar-refractivity contribution in [3.05, 3.63) is 17.7 Å². The van der Waals surface area contributed by atoms with Gasteiger partial charge in [0, 0.05) is 24.6 Å². The second-order valence-corrected chi connectivity index (χ2v) is 3.62. The minimum Gasteiger partial charge on any atom is -0.507 e. The Morgan fingerprint density at radius 2 is 1.73 bits per heavy atom. The molecule has 0 aliphatic rings. The monoisotopic (exact) mass is 210 g/mol. The van der Waals surface area contributed by atoms with Gasteiger partial charge in [-0.2, -0.15) is 0 Å². The van der Waals surface area contributed by atoms with E-state index in [2.05, 4.69) is 0 Å². The van der Waals surface area contributed by atoms with Crippen molar-refractivity contribution in [3.63, 3.8) is 0 Å². The molecule has 82 valence electrons. The maximum absolute atomic E-state index is 10.7. The fourth-order valence-corrected chi connectivity index (χ4v) is 1.41. The molecule has 0 aromatic heterocycles. The van der Waals surface area contributed by atoms with E-state index in [0.717, 1.165) is 0 Å². The molecule has 0 bridgehead atoms. The number of ether oxygens (including phenoxy) is 1. The van der Waals surface area contributed by atoms with Crippen molar-refractivity contribution in [2.24, 2.45) is 0 Å². The SMILES string of the molecule is CC(=O)Oc1cc(O)c(C(C)C)c(O)c1. The van der Waals surface area contributed by atoms with E-state index in [9.17, 15) is 15.0 Å². The lowest BCUT2D eigenvalue weighted by Crippen LogP contribution is -2.01. The number of phenolic OH excluding ortho intramolecular Hbond substituents is 2. The molecule has 0 unspecified atom stereocenters. The third kappa shape index (κ3) is 2.62. The summed E-state index contributed by atoms with van der Waals surface area (Å²) in [4.78, 5) is 10.7. The average Bonchev–Trinajstić information content (AvgIpc) is 1.99. The molecular formula is C11H14O4. The minimum atomic E-state index is -0.494. The van der Waals surface area contributed by atoms with Gasteiger partial charge in [-0.15, -0.1) is 0 Å². The summed E-state index contributed by atoms with van der Waals surface area (Å²) in [7, 11) is 0. The number of hydrogen-bond donors (Lipinski definition) is 2. The molecule has 0 atom stereocenters. The van der Waals surface area contributed by atoms with Crippen LogP contribution in [0.1, 0.15) is 32.3 Å². The highest BCUT2D eigenvalue weighted by molar-refractivity contribution is 5.70. The minimum absolute atomic E-state index is 0.00335. The number of rotatable bonds is 2. The van der Waals surface area contributed by atoms with E-state index < -0.39 is 5.97 Å². The number of benzene rings is 1. The number of carbonyl (C=O) groups excluding carboxylic acids is 1. The number of carbonyl (C=O) groups is 1. The van der Waals surface area contributed by atoms with Crippen molar-refractivity contribution < 1.29 is 19.7 Å². The molecule has 0 amide bonds. The Morgan fingerprint density at radius 3 is 2.07 bits per heavy atom. The van der Waals surface area contributed by atoms with Crippen LogP contribution in [0.25, 0.3) is 0 Å². The summed E-state index contributed by atoms with van der Waals surface area (Å²) in [5, 5.41) is 19.2. The average molecular weight is 210 g/mol. The predicted octanol–water partition coefficient (Wildman–Crippen LogP) is 2.15. The zero-order valence-electron chi connectivity index (χ0n) is 8.94. The first-order valence-corrected chi connectivity index (χ1v) is 4.66. The van der Waals surface area contributed by atoms with Gasteiger partial charge in [-0.1, -0.05) is 13.8 Å². The van der Waals surface area contributed by atoms with Crippen LogP contribution in [0.5, 0.6) is 17.2 Å². The van der Waals surface area contributed by atoms with Gasteiger partial charge in [0.15, 0.2) is 0 Å². The van der Waals surface area contributed by atoms with Crippen molar-refractivity contribution in [1.29, 1.82) is 0 Å². The molecule has 0 aliphatic carbocycles. The first-order chi connectivity index (χ1) is 6.91. The Hall–Kier alpha value is -1.71. The van der Waals surface area contributed by atoms with E-state index in [1.165, 1.54) is 19.1 Å². The maximum Gasteiger partial charge on any atom is 0.308 e. The lowest BCUT2D eigenvalue weighted by molar-refractivity contribution is -0.131. The summed E-state index contributed by atoms with van der Waals surface area (Å²) in [6.07, 6.45) is 0. The second kappa shape index (κ2) is 4.21. The Balaban J connectivity index is 3.13. The van der Waals surface area contributed by atoms with Gasteiger partial charge < -0.3 is 14.9 Å². The fourth-order valence-electron chi connectivity index (χ4n) is 1.41. The predicted molar refractivity (Wildman–Crippen MR) is 55.2 cm³/mol. The summed E-state index contributed by atoms with van der Waals surface area (Å²) in [6.45, 7) is 4.95. The van der Waals surface area contributed by atoms with E-state index in [0.29, 0.717) is 5.56 Å². The summed E-state index contributed by atoms with van der Waals surface area (Å²) < 4.78 is 4.75. The molecule has 1 rings (SSSR count). The Kier molecular flexibility index (Phi) is 3.19. The quantitative estimate of drug-likeness (QED) is 0.579. The molecule has 0 spiro atoms. The summed E-state index contributed by atoms with van der Waals surface area (Å²) >= 11 is 0. The summed E-state index contributed by atoms with van der Waals surface area (Å²) in [5.41, 5.74) is 0.450. The van der Waals surface area contributed by atoms with Gasteiger partial charge in [0.25, 0.3) is 0 Å². The third-order valence-corrected chi connectivity index (χ3v) is 1.95. The summed E-state index contributed by atoms with van der Waals surface area (Å²) in [5.74, 6) is -0.494. The van der Waals surface area contributed by atoms with Crippen molar-refractivity contribution in [2.75, 3.05) is 0 Å². The molecule has 4 heteroatoms. The third-order valence-electron chi connectivity index (χ3n) is 1.95. The van der Waals surface area contributed by atoms with E-state index in [4.69, 9.17) is 4.74 Å². The highest BCUT2D eigenvalue weighted by Gasteiger charge is 2.14. The van der Waals surface area contributed by atoms with Gasteiger partial charge in [0.1, 0.15) is 17.2 Å². The van der Waals surface area contributed by atoms with Crippen LogP contribution < -0.4 is 4.74 Å². The van der Waals surface area contributed by atoms with Gasteiger partial charge in [-0.05, 0) is 5.92 Å². The number of esters is 1. The molecule has 4 nitrogen and oxygen atoms in total. The van der Waals surface area contributed by atoms with Gasteiger partial charge >= 0.3 is 5.97 Å². The van der Waals surface area contributed by atoms with E-state index in [1.54, 1.807) is 0 Å². The van der Waals surface area contributed by atoms with E-state index >= 15 is 0 Å². The standard InChI is InChI=1S/C11H14O4/c1-6(2)11-9(13)4-8(5-10(11)14)15-7(3)12/h4-6,13-14H,1-3H3. The normalized spacial score (nSPS) is 10.4. The van der Waals surface area contributed by atoms with Gasteiger partial charge in [-0.25, -0.2) is 0 Å². The van der Waals surface area contributed by atoms with Crippen LogP contribution in [0.15, 0.2) is 12.1 Å². The van der Waals surface area contributed by atoms with E-state index in [1.807, 2.05) is 13.8 Å². The molecule has 15 heavy (non-hydrogen) atoms. The van der Waals surface area contributed by atoms with Crippen LogP contribution in [0, 0.1) is 0 Å². The Morgan fingerprint density at radius 1 is 1.27 bits per heavy atom. The fraction of sp³-hybridized carbons (Fsp3) is 0.364. The largest absolute Gasteiger partial charge is 0.507 e. The van der Waals surface area contributed by atoms with Gasteiger partial charge in [0.05, 0.1) is 0 Å². The van der Waals surface area contributed by atoms with Crippen LogP contribution in [0.3, 0.4) is 0 Å². The smallest absolute Gasteiger partial charge is 0.308 e. The Bertz CT molecular complexity index is 359. The van der Waals surface area contributed by atoms with Crippen LogP contribution in [-0.4, -0.2) is 16.2 Å². The zero-order chi connectivity index (χ0) is 11.6. The van der Waals surface area contributed by atoms with Crippen LogP contribution in [0.4, 0.5) is 0 Å². The van der Waals surface area contributed by atoms with Crippen molar-refractivity contribution in [1.82, 2.24) is 0 Å². The highest BCUT2D eigenvalue weighted by atomic mass is 16.5. The first-order valence-electron chi connectivity index (χ1n) is 4.66. The van der Waals surface area contributed by atoms with Crippen molar-refractivity contribution >= 4 is 5.97 Å². The van der Waals surface area contributed by atoms with E-state index in [-0.39, 0.29) is 23.2 Å². The van der Waals surface area contributed by atoms with Crippen molar-refractivity contribution in [2.45, 2.75) is 26.7 Å². The molecule has 1 aromatic rings. The molecule has 0 saturated carbocycles. The van der Waals surface area contributed by atoms with Crippen LogP contribution in [0.2, 0.25) is 0 Å².